The number of ether oxygens (including phenoxy) is 3. The van der Waals surface area contributed by atoms with E-state index in [4.69, 9.17) is 14.2 Å². The van der Waals surface area contributed by atoms with Crippen LogP contribution >= 0.6 is 0 Å². The molecular weight excluding hydrogens is 378 g/mol. The largest absolute Gasteiger partial charge is 0.496 e. The van der Waals surface area contributed by atoms with Crippen molar-refractivity contribution in [3.8, 4) is 17.2 Å². The molecule has 30 heavy (non-hydrogen) atoms. The lowest BCUT2D eigenvalue weighted by Gasteiger charge is -2.13. The fourth-order valence-electron chi connectivity index (χ4n) is 3.79. The summed E-state index contributed by atoms with van der Waals surface area (Å²) in [6.07, 6.45) is 3.35. The van der Waals surface area contributed by atoms with E-state index in [9.17, 15) is 4.79 Å². The normalized spacial score (nSPS) is 11.3. The molecule has 0 unspecified atom stereocenters. The van der Waals surface area contributed by atoms with Crippen LogP contribution in [0.25, 0.3) is 27.9 Å². The number of carbonyl (C=O) groups is 1. The van der Waals surface area contributed by atoms with Gasteiger partial charge in [-0.3, -0.25) is 4.79 Å². The van der Waals surface area contributed by atoms with Crippen molar-refractivity contribution in [1.82, 2.24) is 4.57 Å². The van der Waals surface area contributed by atoms with Gasteiger partial charge in [0.05, 0.1) is 21.3 Å². The number of allylic oxidation sites excluding steroid dienone is 1. The number of aromatic nitrogens is 1. The van der Waals surface area contributed by atoms with Gasteiger partial charge in [-0.2, -0.15) is 0 Å². The third-order valence-electron chi connectivity index (χ3n) is 5.33. The molecule has 5 nitrogen and oxygen atoms in total. The van der Waals surface area contributed by atoms with E-state index in [1.54, 1.807) is 25.3 Å². The summed E-state index contributed by atoms with van der Waals surface area (Å²) in [4.78, 5) is 13.0. The molecule has 152 valence electrons. The van der Waals surface area contributed by atoms with Gasteiger partial charge in [0, 0.05) is 41.0 Å². The molecule has 0 aliphatic rings. The number of hydrogen-bond acceptors (Lipinski definition) is 4. The molecule has 0 aliphatic carbocycles. The highest BCUT2D eigenvalue weighted by molar-refractivity contribution is 6.12. The van der Waals surface area contributed by atoms with Crippen molar-refractivity contribution in [2.45, 2.75) is 0 Å². The number of aryl methyl sites for hydroxylation is 1. The lowest BCUT2D eigenvalue weighted by Crippen LogP contribution is -2.03. The zero-order chi connectivity index (χ0) is 21.3. The number of carbonyl (C=O) groups excluding carboxylic acids is 1. The van der Waals surface area contributed by atoms with Crippen molar-refractivity contribution < 1.29 is 19.0 Å². The zero-order valence-corrected chi connectivity index (χ0v) is 17.4. The van der Waals surface area contributed by atoms with Crippen molar-refractivity contribution in [3.63, 3.8) is 0 Å². The molecule has 0 radical (unpaired) electrons. The Kier molecular flexibility index (Phi) is 5.19. The predicted octanol–water partition coefficient (Wildman–Crippen LogP) is 5.25. The van der Waals surface area contributed by atoms with Gasteiger partial charge in [-0.15, -0.1) is 0 Å². The summed E-state index contributed by atoms with van der Waals surface area (Å²) < 4.78 is 18.2. The van der Waals surface area contributed by atoms with E-state index in [-0.39, 0.29) is 5.78 Å². The van der Waals surface area contributed by atoms with Gasteiger partial charge >= 0.3 is 0 Å². The van der Waals surface area contributed by atoms with Crippen molar-refractivity contribution in [1.29, 1.82) is 0 Å². The molecule has 3 aromatic carbocycles. The van der Waals surface area contributed by atoms with Gasteiger partial charge in [0.1, 0.15) is 22.8 Å². The lowest BCUT2D eigenvalue weighted by atomic mass is 10.0. The van der Waals surface area contributed by atoms with Crippen LogP contribution in [0.5, 0.6) is 17.2 Å². The molecule has 0 bridgehead atoms. The fraction of sp³-hybridized carbons (Fsp3) is 0.160. The number of nitrogens with zero attached hydrogens (tertiary/aromatic N) is 1. The van der Waals surface area contributed by atoms with Gasteiger partial charge in [-0.1, -0.05) is 30.3 Å². The van der Waals surface area contributed by atoms with E-state index in [0.29, 0.717) is 22.8 Å². The van der Waals surface area contributed by atoms with Gasteiger partial charge in [0.2, 0.25) is 0 Å². The molecule has 0 N–H and O–H groups in total. The Hall–Kier alpha value is -3.73. The molecule has 0 amide bonds. The van der Waals surface area contributed by atoms with Crippen molar-refractivity contribution in [3.05, 3.63) is 71.8 Å². The number of benzene rings is 3. The monoisotopic (exact) mass is 401 g/mol. The third-order valence-corrected chi connectivity index (χ3v) is 5.33. The summed E-state index contributed by atoms with van der Waals surface area (Å²) in [5.41, 5.74) is 3.64. The van der Waals surface area contributed by atoms with E-state index >= 15 is 0 Å². The van der Waals surface area contributed by atoms with E-state index in [2.05, 4.69) is 35.9 Å². The van der Waals surface area contributed by atoms with Crippen LogP contribution in [0.15, 0.2) is 60.7 Å². The molecule has 0 saturated heterocycles. The molecule has 4 aromatic rings. The summed E-state index contributed by atoms with van der Waals surface area (Å²) in [6.45, 7) is 0. The first kappa shape index (κ1) is 19.6. The van der Waals surface area contributed by atoms with Crippen LogP contribution in [0.1, 0.15) is 15.9 Å². The SMILES string of the molecule is COc1cc(OC)c(C(=O)/C=C/c2ccc3c(c2)c2ccccc2n3C)c(OC)c1. The second-order valence-corrected chi connectivity index (χ2v) is 6.96. The Bertz CT molecular complexity index is 1260. The molecule has 0 aliphatic heterocycles. The van der Waals surface area contributed by atoms with Crippen LogP contribution in [-0.2, 0) is 7.05 Å². The Balaban J connectivity index is 1.73. The van der Waals surface area contributed by atoms with E-state index in [1.165, 1.54) is 25.1 Å². The summed E-state index contributed by atoms with van der Waals surface area (Å²) in [5.74, 6) is 1.17. The van der Waals surface area contributed by atoms with Crippen LogP contribution in [0.2, 0.25) is 0 Å². The predicted molar refractivity (Wildman–Crippen MR) is 120 cm³/mol. The standard InChI is InChI=1S/C25H23NO4/c1-26-20-8-6-5-7-18(20)19-13-16(9-11-21(19)26)10-12-22(27)25-23(29-3)14-17(28-2)15-24(25)30-4/h5-15H,1-4H3/b12-10+. The third kappa shape index (κ3) is 3.28. The summed E-state index contributed by atoms with van der Waals surface area (Å²) >= 11 is 0. The molecule has 5 heteroatoms. The number of hydrogen-bond donors (Lipinski definition) is 0. The van der Waals surface area contributed by atoms with Gasteiger partial charge in [-0.25, -0.2) is 0 Å². The highest BCUT2D eigenvalue weighted by Crippen LogP contribution is 2.35. The Morgan fingerprint density at radius 3 is 2.17 bits per heavy atom. The lowest BCUT2D eigenvalue weighted by molar-refractivity contribution is 0.104. The molecule has 4 rings (SSSR count). The smallest absolute Gasteiger partial charge is 0.193 e. The maximum Gasteiger partial charge on any atom is 0.193 e. The first-order chi connectivity index (χ1) is 14.6. The summed E-state index contributed by atoms with van der Waals surface area (Å²) in [6, 6.07) is 17.8. The summed E-state index contributed by atoms with van der Waals surface area (Å²) in [5, 5.41) is 2.34. The van der Waals surface area contributed by atoms with E-state index in [1.807, 2.05) is 24.3 Å². The van der Waals surface area contributed by atoms with Gasteiger partial charge in [0.25, 0.3) is 0 Å². The molecule has 0 spiro atoms. The molecule has 1 aromatic heterocycles. The highest BCUT2D eigenvalue weighted by Gasteiger charge is 2.18. The van der Waals surface area contributed by atoms with Crippen LogP contribution in [0.4, 0.5) is 0 Å². The number of methoxy groups -OCH3 is 3. The van der Waals surface area contributed by atoms with Crippen molar-refractivity contribution in [2.24, 2.45) is 7.05 Å². The van der Waals surface area contributed by atoms with Crippen LogP contribution in [0, 0.1) is 0 Å². The van der Waals surface area contributed by atoms with Crippen molar-refractivity contribution >= 4 is 33.7 Å². The number of para-hydroxylation sites is 1. The first-order valence-electron chi connectivity index (χ1n) is 9.57. The number of fused-ring (bicyclic) bond motifs is 3. The maximum atomic E-state index is 13.0. The Labute approximate surface area is 175 Å². The number of ketones is 1. The second-order valence-electron chi connectivity index (χ2n) is 6.96. The fourth-order valence-corrected chi connectivity index (χ4v) is 3.79. The van der Waals surface area contributed by atoms with Gasteiger partial charge in [0.15, 0.2) is 5.78 Å². The van der Waals surface area contributed by atoms with Crippen LogP contribution < -0.4 is 14.2 Å². The maximum absolute atomic E-state index is 13.0. The molecule has 0 saturated carbocycles. The topological polar surface area (TPSA) is 49.7 Å². The summed E-state index contributed by atoms with van der Waals surface area (Å²) in [7, 11) is 6.65. The molecule has 0 fully saturated rings. The molecular formula is C25H23NO4. The second kappa shape index (κ2) is 7.95. The molecule has 1 heterocycles. The molecule has 0 atom stereocenters. The number of rotatable bonds is 6. The van der Waals surface area contributed by atoms with E-state index in [0.717, 1.165) is 16.5 Å². The van der Waals surface area contributed by atoms with Gasteiger partial charge in [-0.05, 0) is 29.8 Å². The average Bonchev–Trinajstić information content (AvgIpc) is 3.08. The average molecular weight is 401 g/mol. The Morgan fingerprint density at radius 2 is 1.50 bits per heavy atom. The zero-order valence-electron chi connectivity index (χ0n) is 17.4. The Morgan fingerprint density at radius 1 is 0.833 bits per heavy atom. The first-order valence-corrected chi connectivity index (χ1v) is 9.57. The minimum Gasteiger partial charge on any atom is -0.496 e. The minimum absolute atomic E-state index is 0.204. The van der Waals surface area contributed by atoms with Crippen LogP contribution in [-0.4, -0.2) is 31.7 Å². The van der Waals surface area contributed by atoms with Gasteiger partial charge < -0.3 is 18.8 Å². The van der Waals surface area contributed by atoms with Crippen LogP contribution in [0.3, 0.4) is 0 Å². The van der Waals surface area contributed by atoms with Crippen molar-refractivity contribution in [2.75, 3.05) is 21.3 Å². The highest BCUT2D eigenvalue weighted by atomic mass is 16.5. The quantitative estimate of drug-likeness (QED) is 0.327. The van der Waals surface area contributed by atoms with E-state index < -0.39 is 0 Å². The minimum atomic E-state index is -0.204.